The second-order valence-electron chi connectivity index (χ2n) is 7.64. The molecular weight excluding hydrogens is 336 g/mol. The van der Waals surface area contributed by atoms with Crippen LogP contribution >= 0.6 is 0 Å². The topological polar surface area (TPSA) is 49.4 Å². The van der Waals surface area contributed by atoms with Gasteiger partial charge in [-0.2, -0.15) is 0 Å². The highest BCUT2D eigenvalue weighted by Gasteiger charge is 2.36. The normalized spacial score (nSPS) is 17.9. The van der Waals surface area contributed by atoms with Gasteiger partial charge in [-0.1, -0.05) is 38.1 Å². The van der Waals surface area contributed by atoms with Crippen LogP contribution in [0.15, 0.2) is 42.5 Å². The van der Waals surface area contributed by atoms with Gasteiger partial charge in [-0.25, -0.2) is 0 Å². The first-order valence-corrected chi connectivity index (χ1v) is 9.67. The summed E-state index contributed by atoms with van der Waals surface area (Å²) in [5.41, 5.74) is 5.12. The van der Waals surface area contributed by atoms with E-state index < -0.39 is 0 Å². The largest absolute Gasteiger partial charge is 0.326 e. The maximum atomic E-state index is 12.7. The van der Waals surface area contributed by atoms with Gasteiger partial charge >= 0.3 is 0 Å². The smallest absolute Gasteiger partial charge is 0.229 e. The molecule has 0 aliphatic carbocycles. The minimum absolute atomic E-state index is 0.0197. The molecule has 1 fully saturated rings. The van der Waals surface area contributed by atoms with Gasteiger partial charge in [-0.3, -0.25) is 9.59 Å². The number of nitrogens with one attached hydrogen (secondary N) is 1. The van der Waals surface area contributed by atoms with Crippen LogP contribution in [0.5, 0.6) is 0 Å². The minimum atomic E-state index is -0.330. The lowest BCUT2D eigenvalue weighted by molar-refractivity contribution is -0.122. The van der Waals surface area contributed by atoms with Gasteiger partial charge in [0.05, 0.1) is 5.92 Å². The van der Waals surface area contributed by atoms with E-state index in [0.29, 0.717) is 12.5 Å². The average molecular weight is 364 g/mol. The summed E-state index contributed by atoms with van der Waals surface area (Å²) in [6, 6.07) is 14.0. The van der Waals surface area contributed by atoms with Crippen LogP contribution in [0.3, 0.4) is 0 Å². The van der Waals surface area contributed by atoms with Crippen molar-refractivity contribution in [3.05, 3.63) is 59.2 Å². The summed E-state index contributed by atoms with van der Waals surface area (Å²) in [7, 11) is 0. The highest BCUT2D eigenvalue weighted by molar-refractivity contribution is 6.04. The molecule has 142 valence electrons. The van der Waals surface area contributed by atoms with Gasteiger partial charge in [0.25, 0.3) is 0 Å². The van der Waals surface area contributed by atoms with E-state index in [4.69, 9.17) is 0 Å². The predicted octanol–water partition coefficient (Wildman–Crippen LogP) is 4.81. The second kappa shape index (κ2) is 7.95. The van der Waals surface area contributed by atoms with Crippen molar-refractivity contribution in [2.75, 3.05) is 16.8 Å². The molecule has 4 nitrogen and oxygen atoms in total. The number of anilines is 2. The Bertz CT molecular complexity index is 839. The van der Waals surface area contributed by atoms with Crippen LogP contribution in [0.1, 0.15) is 49.3 Å². The molecular formula is C23H28N2O2. The summed E-state index contributed by atoms with van der Waals surface area (Å²) in [5, 5.41) is 2.99. The number of benzene rings is 2. The fourth-order valence-corrected chi connectivity index (χ4v) is 3.78. The molecule has 1 aliphatic heterocycles. The summed E-state index contributed by atoms with van der Waals surface area (Å²) < 4.78 is 0. The maximum Gasteiger partial charge on any atom is 0.229 e. The molecule has 1 saturated heterocycles. The number of carbonyl (C=O) groups is 2. The summed E-state index contributed by atoms with van der Waals surface area (Å²) in [6.45, 7) is 8.77. The number of para-hydroxylation sites is 1. The third kappa shape index (κ3) is 4.21. The standard InChI is InChI=1S/C23H28N2O2/c1-5-17(4)20-8-6-7-9-21(20)25-14-18(13-22(25)26)23(27)24-19-11-15(2)10-16(3)12-19/h6-12,17-18H,5,13-14H2,1-4H3,(H,24,27)/t17-,18-/m0/s1. The third-order valence-electron chi connectivity index (χ3n) is 5.36. The molecule has 1 aliphatic rings. The molecule has 2 aromatic rings. The number of nitrogens with zero attached hydrogens (tertiary/aromatic N) is 1. The molecule has 0 bridgehead atoms. The van der Waals surface area contributed by atoms with E-state index in [0.717, 1.165) is 28.9 Å². The van der Waals surface area contributed by atoms with Crippen molar-refractivity contribution in [3.63, 3.8) is 0 Å². The van der Waals surface area contributed by atoms with E-state index in [2.05, 4.69) is 31.3 Å². The zero-order valence-corrected chi connectivity index (χ0v) is 16.6. The fourth-order valence-electron chi connectivity index (χ4n) is 3.78. The van der Waals surface area contributed by atoms with Gasteiger partial charge in [-0.05, 0) is 61.1 Å². The molecule has 1 N–H and O–H groups in total. The van der Waals surface area contributed by atoms with E-state index in [9.17, 15) is 9.59 Å². The lowest BCUT2D eigenvalue weighted by Crippen LogP contribution is -2.29. The Morgan fingerprint density at radius 2 is 1.85 bits per heavy atom. The molecule has 0 aromatic heterocycles. The summed E-state index contributed by atoms with van der Waals surface area (Å²) in [6.07, 6.45) is 1.27. The van der Waals surface area contributed by atoms with Gasteiger partial charge < -0.3 is 10.2 Å². The molecule has 0 unspecified atom stereocenters. The van der Waals surface area contributed by atoms with Crippen molar-refractivity contribution >= 4 is 23.2 Å². The molecule has 0 radical (unpaired) electrons. The molecule has 2 atom stereocenters. The van der Waals surface area contributed by atoms with Crippen LogP contribution in [0.2, 0.25) is 0 Å². The number of hydrogen-bond donors (Lipinski definition) is 1. The van der Waals surface area contributed by atoms with Gasteiger partial charge in [0, 0.05) is 24.3 Å². The molecule has 0 spiro atoms. The first-order chi connectivity index (χ1) is 12.9. The van der Waals surface area contributed by atoms with E-state index in [-0.39, 0.29) is 24.2 Å². The number of aryl methyl sites for hydroxylation is 2. The molecule has 27 heavy (non-hydrogen) atoms. The Morgan fingerprint density at radius 1 is 1.19 bits per heavy atom. The Hall–Kier alpha value is -2.62. The number of amides is 2. The van der Waals surface area contributed by atoms with Crippen LogP contribution in [-0.2, 0) is 9.59 Å². The van der Waals surface area contributed by atoms with Crippen LogP contribution in [0, 0.1) is 19.8 Å². The fraction of sp³-hybridized carbons (Fsp3) is 0.391. The number of hydrogen-bond acceptors (Lipinski definition) is 2. The van der Waals surface area contributed by atoms with E-state index in [1.54, 1.807) is 4.90 Å². The van der Waals surface area contributed by atoms with Crippen molar-refractivity contribution in [3.8, 4) is 0 Å². The summed E-state index contributed by atoms with van der Waals surface area (Å²) in [4.78, 5) is 27.2. The Kier molecular flexibility index (Phi) is 5.64. The maximum absolute atomic E-state index is 12.7. The molecule has 2 amide bonds. The molecule has 2 aromatic carbocycles. The third-order valence-corrected chi connectivity index (χ3v) is 5.36. The zero-order valence-electron chi connectivity index (χ0n) is 16.6. The van der Waals surface area contributed by atoms with E-state index in [1.807, 2.05) is 44.2 Å². The van der Waals surface area contributed by atoms with E-state index in [1.165, 1.54) is 5.56 Å². The Labute approximate surface area is 161 Å². The van der Waals surface area contributed by atoms with Crippen molar-refractivity contribution in [2.24, 2.45) is 5.92 Å². The van der Waals surface area contributed by atoms with Gasteiger partial charge in [0.15, 0.2) is 0 Å². The molecule has 4 heteroatoms. The summed E-state index contributed by atoms with van der Waals surface area (Å²) >= 11 is 0. The minimum Gasteiger partial charge on any atom is -0.326 e. The van der Waals surface area contributed by atoms with Crippen molar-refractivity contribution in [2.45, 2.75) is 46.5 Å². The SMILES string of the molecule is CC[C@H](C)c1ccccc1N1C[C@@H](C(=O)Nc2cc(C)cc(C)c2)CC1=O. The summed E-state index contributed by atoms with van der Waals surface area (Å²) in [5.74, 6) is -0.0244. The lowest BCUT2D eigenvalue weighted by atomic mass is 9.96. The first kappa shape index (κ1) is 19.2. The highest BCUT2D eigenvalue weighted by Crippen LogP contribution is 2.33. The van der Waals surface area contributed by atoms with Crippen molar-refractivity contribution < 1.29 is 9.59 Å². The van der Waals surface area contributed by atoms with Crippen LogP contribution in [0.25, 0.3) is 0 Å². The van der Waals surface area contributed by atoms with Crippen LogP contribution in [-0.4, -0.2) is 18.4 Å². The van der Waals surface area contributed by atoms with Crippen LogP contribution < -0.4 is 10.2 Å². The lowest BCUT2D eigenvalue weighted by Gasteiger charge is -2.23. The number of rotatable bonds is 5. The van der Waals surface area contributed by atoms with Crippen molar-refractivity contribution in [1.29, 1.82) is 0 Å². The first-order valence-electron chi connectivity index (χ1n) is 9.67. The van der Waals surface area contributed by atoms with Gasteiger partial charge in [0.1, 0.15) is 0 Å². The quantitative estimate of drug-likeness (QED) is 0.828. The monoisotopic (exact) mass is 364 g/mol. The second-order valence-corrected chi connectivity index (χ2v) is 7.64. The van der Waals surface area contributed by atoms with E-state index >= 15 is 0 Å². The molecule has 0 saturated carbocycles. The van der Waals surface area contributed by atoms with Gasteiger partial charge in [-0.15, -0.1) is 0 Å². The Morgan fingerprint density at radius 3 is 2.52 bits per heavy atom. The Balaban J connectivity index is 1.77. The zero-order chi connectivity index (χ0) is 19.6. The van der Waals surface area contributed by atoms with Gasteiger partial charge in [0.2, 0.25) is 11.8 Å². The predicted molar refractivity (Wildman–Crippen MR) is 110 cm³/mol. The van der Waals surface area contributed by atoms with Crippen molar-refractivity contribution in [1.82, 2.24) is 0 Å². The highest BCUT2D eigenvalue weighted by atomic mass is 16.2. The van der Waals surface area contributed by atoms with Crippen LogP contribution in [0.4, 0.5) is 11.4 Å². The molecule has 3 rings (SSSR count). The average Bonchev–Trinajstić information content (AvgIpc) is 3.02. The number of carbonyl (C=O) groups excluding carboxylic acids is 2. The molecule has 1 heterocycles.